The Morgan fingerprint density at radius 1 is 1.29 bits per heavy atom. The number of rotatable bonds is 3. The number of fused-ring (bicyclic) bond motifs is 1. The van der Waals surface area contributed by atoms with Crippen LogP contribution in [-0.2, 0) is 0 Å². The van der Waals surface area contributed by atoms with Gasteiger partial charge in [0.05, 0.1) is 18.3 Å². The zero-order valence-electron chi connectivity index (χ0n) is 11.2. The number of carbonyl (C=O) groups is 1. The average Bonchev–Trinajstić information content (AvgIpc) is 2.93. The lowest BCUT2D eigenvalue weighted by Crippen LogP contribution is -2.14. The summed E-state index contributed by atoms with van der Waals surface area (Å²) in [6.07, 6.45) is 0. The van der Waals surface area contributed by atoms with Crippen LogP contribution in [0.2, 0.25) is 0 Å². The van der Waals surface area contributed by atoms with Gasteiger partial charge in [0, 0.05) is 11.5 Å². The number of anilines is 1. The summed E-state index contributed by atoms with van der Waals surface area (Å²) >= 11 is 0. The molecule has 0 aliphatic heterocycles. The molecular weight excluding hydrogens is 273 g/mol. The molecular formula is C15H12FN3O2. The fraction of sp³-hybridized carbons (Fsp3) is 0.0667. The van der Waals surface area contributed by atoms with E-state index in [1.807, 2.05) is 12.1 Å². The number of aromatic nitrogens is 2. The van der Waals surface area contributed by atoms with Crippen LogP contribution < -0.4 is 10.1 Å². The summed E-state index contributed by atoms with van der Waals surface area (Å²) in [6, 6.07) is 11.4. The van der Waals surface area contributed by atoms with Crippen LogP contribution in [0.25, 0.3) is 10.9 Å². The second-order valence-electron chi connectivity index (χ2n) is 4.42. The van der Waals surface area contributed by atoms with E-state index in [0.29, 0.717) is 11.1 Å². The zero-order valence-corrected chi connectivity index (χ0v) is 11.2. The Hall–Kier alpha value is -2.89. The van der Waals surface area contributed by atoms with E-state index in [1.165, 1.54) is 25.3 Å². The fourth-order valence-electron chi connectivity index (χ4n) is 2.05. The molecule has 0 radical (unpaired) electrons. The summed E-state index contributed by atoms with van der Waals surface area (Å²) < 4.78 is 18.7. The van der Waals surface area contributed by atoms with Crippen LogP contribution in [0.15, 0.2) is 42.5 Å². The van der Waals surface area contributed by atoms with Crippen molar-refractivity contribution in [3.05, 3.63) is 54.0 Å². The lowest BCUT2D eigenvalue weighted by atomic mass is 10.2. The number of nitrogens with one attached hydrogen (secondary N) is 2. The van der Waals surface area contributed by atoms with Crippen LogP contribution in [0.5, 0.6) is 5.75 Å². The van der Waals surface area contributed by atoms with Crippen molar-refractivity contribution < 1.29 is 13.9 Å². The van der Waals surface area contributed by atoms with E-state index in [1.54, 1.807) is 12.1 Å². The molecule has 1 heterocycles. The molecule has 1 aromatic heterocycles. The van der Waals surface area contributed by atoms with Gasteiger partial charge in [-0.25, -0.2) is 4.39 Å². The number of halogens is 1. The van der Waals surface area contributed by atoms with E-state index in [2.05, 4.69) is 15.5 Å². The normalized spacial score (nSPS) is 10.6. The van der Waals surface area contributed by atoms with Gasteiger partial charge in [-0.1, -0.05) is 18.2 Å². The van der Waals surface area contributed by atoms with Gasteiger partial charge in [-0.3, -0.25) is 9.89 Å². The summed E-state index contributed by atoms with van der Waals surface area (Å²) in [4.78, 5) is 12.2. The molecule has 6 heteroatoms. The maximum absolute atomic E-state index is 13.7. The van der Waals surface area contributed by atoms with E-state index in [0.717, 1.165) is 5.52 Å². The van der Waals surface area contributed by atoms with E-state index < -0.39 is 11.7 Å². The van der Waals surface area contributed by atoms with Gasteiger partial charge >= 0.3 is 0 Å². The molecule has 106 valence electrons. The van der Waals surface area contributed by atoms with Crippen molar-refractivity contribution in [2.24, 2.45) is 0 Å². The van der Waals surface area contributed by atoms with Crippen LogP contribution in [0.1, 0.15) is 10.5 Å². The largest absolute Gasteiger partial charge is 0.497 e. The Bertz CT molecular complexity index is 814. The number of ether oxygens (including phenoxy) is 1. The average molecular weight is 285 g/mol. The van der Waals surface area contributed by atoms with Crippen LogP contribution in [-0.4, -0.2) is 23.2 Å². The summed E-state index contributed by atoms with van der Waals surface area (Å²) in [6.45, 7) is 0. The van der Waals surface area contributed by atoms with Crippen LogP contribution in [0, 0.1) is 5.82 Å². The third-order valence-corrected chi connectivity index (χ3v) is 3.11. The van der Waals surface area contributed by atoms with Crippen LogP contribution in [0.4, 0.5) is 10.1 Å². The first-order chi connectivity index (χ1) is 10.2. The molecule has 0 bridgehead atoms. The highest BCUT2D eigenvalue weighted by Crippen LogP contribution is 2.22. The van der Waals surface area contributed by atoms with Crippen molar-refractivity contribution in [1.29, 1.82) is 0 Å². The zero-order chi connectivity index (χ0) is 14.8. The molecule has 5 nitrogen and oxygen atoms in total. The number of para-hydroxylation sites is 1. The van der Waals surface area contributed by atoms with Gasteiger partial charge in [-0.2, -0.15) is 5.10 Å². The molecule has 3 aromatic rings. The number of nitrogens with zero attached hydrogens (tertiary/aromatic N) is 1. The van der Waals surface area contributed by atoms with E-state index in [9.17, 15) is 9.18 Å². The number of hydrogen-bond acceptors (Lipinski definition) is 3. The highest BCUT2D eigenvalue weighted by molar-refractivity contribution is 6.11. The van der Waals surface area contributed by atoms with Gasteiger partial charge in [-0.05, 0) is 18.2 Å². The first kappa shape index (κ1) is 13.1. The molecule has 1 amide bonds. The predicted molar refractivity (Wildman–Crippen MR) is 77.0 cm³/mol. The van der Waals surface area contributed by atoms with Crippen molar-refractivity contribution in [1.82, 2.24) is 10.2 Å². The summed E-state index contributed by atoms with van der Waals surface area (Å²) in [7, 11) is 1.47. The van der Waals surface area contributed by atoms with E-state index in [4.69, 9.17) is 4.74 Å². The molecule has 0 fully saturated rings. The van der Waals surface area contributed by atoms with Gasteiger partial charge in [0.1, 0.15) is 11.6 Å². The van der Waals surface area contributed by atoms with Crippen molar-refractivity contribution >= 4 is 22.5 Å². The minimum absolute atomic E-state index is 0.0476. The van der Waals surface area contributed by atoms with Crippen molar-refractivity contribution in [2.45, 2.75) is 0 Å². The van der Waals surface area contributed by atoms with Crippen LogP contribution >= 0.6 is 0 Å². The lowest BCUT2D eigenvalue weighted by molar-refractivity contribution is 0.102. The standard InChI is InChI=1S/C15H12FN3O2/c1-21-9-6-7-11(16)13(8-9)17-15(20)14-10-4-2-3-5-12(10)18-19-14/h2-8H,1H3,(H,17,20)(H,18,19). The summed E-state index contributed by atoms with van der Waals surface area (Å²) in [5.74, 6) is -0.567. The molecule has 21 heavy (non-hydrogen) atoms. The molecule has 2 N–H and O–H groups in total. The molecule has 0 saturated heterocycles. The molecule has 2 aromatic carbocycles. The van der Waals surface area contributed by atoms with Crippen molar-refractivity contribution in [2.75, 3.05) is 12.4 Å². The SMILES string of the molecule is COc1ccc(F)c(NC(=O)c2n[nH]c3ccccc23)c1. The molecule has 0 aliphatic rings. The molecule has 0 atom stereocenters. The maximum atomic E-state index is 13.7. The number of carbonyl (C=O) groups excluding carboxylic acids is 1. The second-order valence-corrected chi connectivity index (χ2v) is 4.42. The highest BCUT2D eigenvalue weighted by Gasteiger charge is 2.15. The first-order valence-corrected chi connectivity index (χ1v) is 6.27. The molecule has 0 unspecified atom stereocenters. The first-order valence-electron chi connectivity index (χ1n) is 6.27. The number of methoxy groups -OCH3 is 1. The number of aromatic amines is 1. The molecule has 0 spiro atoms. The number of H-pyrrole nitrogens is 1. The Labute approximate surface area is 119 Å². The minimum Gasteiger partial charge on any atom is -0.497 e. The van der Waals surface area contributed by atoms with Gasteiger partial charge in [0.25, 0.3) is 5.91 Å². The monoisotopic (exact) mass is 285 g/mol. The number of amides is 1. The van der Waals surface area contributed by atoms with Gasteiger partial charge in [-0.15, -0.1) is 0 Å². The summed E-state index contributed by atoms with van der Waals surface area (Å²) in [5.41, 5.74) is 1.01. The van der Waals surface area contributed by atoms with Crippen molar-refractivity contribution in [3.8, 4) is 5.75 Å². The van der Waals surface area contributed by atoms with E-state index >= 15 is 0 Å². The smallest absolute Gasteiger partial charge is 0.276 e. The predicted octanol–water partition coefficient (Wildman–Crippen LogP) is 2.96. The minimum atomic E-state index is -0.538. The van der Waals surface area contributed by atoms with Gasteiger partial charge in [0.2, 0.25) is 0 Å². The van der Waals surface area contributed by atoms with E-state index in [-0.39, 0.29) is 11.4 Å². The highest BCUT2D eigenvalue weighted by atomic mass is 19.1. The Morgan fingerprint density at radius 2 is 2.10 bits per heavy atom. The second kappa shape index (κ2) is 5.24. The molecule has 0 aliphatic carbocycles. The van der Waals surface area contributed by atoms with Crippen molar-refractivity contribution in [3.63, 3.8) is 0 Å². The number of hydrogen-bond donors (Lipinski definition) is 2. The summed E-state index contributed by atoms with van der Waals surface area (Å²) in [5, 5.41) is 9.92. The van der Waals surface area contributed by atoms with Gasteiger partial charge < -0.3 is 10.1 Å². The Kier molecular flexibility index (Phi) is 3.27. The third kappa shape index (κ3) is 2.43. The third-order valence-electron chi connectivity index (χ3n) is 3.11. The Balaban J connectivity index is 1.93. The molecule has 3 rings (SSSR count). The maximum Gasteiger partial charge on any atom is 0.276 e. The lowest BCUT2D eigenvalue weighted by Gasteiger charge is -2.07. The topological polar surface area (TPSA) is 67.0 Å². The Morgan fingerprint density at radius 3 is 2.90 bits per heavy atom. The quantitative estimate of drug-likeness (QED) is 0.777. The van der Waals surface area contributed by atoms with Gasteiger partial charge in [0.15, 0.2) is 5.69 Å². The van der Waals surface area contributed by atoms with Crippen LogP contribution in [0.3, 0.4) is 0 Å². The fourth-order valence-corrected chi connectivity index (χ4v) is 2.05. The molecule has 0 saturated carbocycles. The number of benzene rings is 2.